The molecule has 2 heterocycles. The summed E-state index contributed by atoms with van der Waals surface area (Å²) in [4.78, 5) is 11.2. The van der Waals surface area contributed by atoms with Gasteiger partial charge in [-0.2, -0.15) is 10.5 Å². The molecule has 1 unspecified atom stereocenters. The van der Waals surface area contributed by atoms with Crippen LogP contribution >= 0.6 is 10.5 Å². The van der Waals surface area contributed by atoms with Crippen LogP contribution in [0.3, 0.4) is 0 Å². The van der Waals surface area contributed by atoms with Gasteiger partial charge >= 0.3 is 0 Å². The van der Waals surface area contributed by atoms with Gasteiger partial charge < -0.3 is 4.42 Å². The van der Waals surface area contributed by atoms with E-state index in [2.05, 4.69) is 73.1 Å². The molecule has 0 N–H and O–H groups in total. The van der Waals surface area contributed by atoms with Crippen molar-refractivity contribution in [1.82, 2.24) is 9.97 Å². The average Bonchev–Trinajstić information content (AvgIpc) is 3.27. The number of hydrogen-bond donors (Lipinski definition) is 0. The predicted molar refractivity (Wildman–Crippen MR) is 141 cm³/mol. The summed E-state index contributed by atoms with van der Waals surface area (Å²) in [6.45, 7) is 2.10. The van der Waals surface area contributed by atoms with Crippen LogP contribution in [-0.2, 0) is 0 Å². The summed E-state index contributed by atoms with van der Waals surface area (Å²) in [7, 11) is 0.0101. The van der Waals surface area contributed by atoms with E-state index in [9.17, 15) is 0 Å². The highest BCUT2D eigenvalue weighted by Crippen LogP contribution is 2.40. The second-order valence-corrected chi connectivity index (χ2v) is 10.0. The minimum absolute atomic E-state index is 0.0101. The molecule has 160 valence electrons. The Morgan fingerprint density at radius 3 is 2.21 bits per heavy atom. The summed E-state index contributed by atoms with van der Waals surface area (Å²) < 4.78 is 6.56. The Kier molecular flexibility index (Phi) is 4.81. The van der Waals surface area contributed by atoms with Crippen molar-refractivity contribution in [1.29, 1.82) is 0 Å². The minimum atomic E-state index is 0.0101. The number of rotatable bonds is 3. The Morgan fingerprint density at radius 2 is 1.39 bits per heavy atom. The number of fused-ring (bicyclic) bond motifs is 4. The van der Waals surface area contributed by atoms with Gasteiger partial charge in [0, 0.05) is 26.6 Å². The molecule has 0 spiro atoms. The highest BCUT2D eigenvalue weighted by molar-refractivity contribution is 8.14. The third kappa shape index (κ3) is 3.26. The first-order valence-corrected chi connectivity index (χ1v) is 12.7. The molecule has 0 aliphatic carbocycles. The van der Waals surface area contributed by atoms with E-state index in [4.69, 9.17) is 14.4 Å². The molecular weight excluding hydrogens is 424 g/mol. The van der Waals surface area contributed by atoms with Gasteiger partial charge in [-0.05, 0) is 31.4 Å². The number of hydrogen-bond acceptors (Lipinski definition) is 3. The van der Waals surface area contributed by atoms with Crippen LogP contribution in [0, 0.1) is 0 Å². The molecule has 0 radical (unpaired) electrons. The van der Waals surface area contributed by atoms with Gasteiger partial charge in [0.05, 0.1) is 16.8 Å². The molecule has 0 aliphatic rings. The topological polar surface area (TPSA) is 38.9 Å². The summed E-state index contributed by atoms with van der Waals surface area (Å²) in [6, 6.07) is 31.1. The van der Waals surface area contributed by atoms with E-state index in [1.165, 1.54) is 4.90 Å². The Balaban J connectivity index is 1.67. The fraction of sp³-hybridized carbons (Fsp3) is 0.0690. The third-order valence-corrected chi connectivity index (χ3v) is 7.80. The van der Waals surface area contributed by atoms with Gasteiger partial charge in [-0.1, -0.05) is 78.2 Å². The normalized spacial score (nSPS) is 12.7. The van der Waals surface area contributed by atoms with Crippen LogP contribution in [0.15, 0.2) is 100 Å². The van der Waals surface area contributed by atoms with Crippen LogP contribution in [0.4, 0.5) is 0 Å². The van der Waals surface area contributed by atoms with Crippen LogP contribution in [0.2, 0.25) is 0 Å². The molecule has 2 aromatic heterocycles. The highest BCUT2D eigenvalue weighted by atomic mass is 32.2. The molecule has 6 aromatic rings. The first-order chi connectivity index (χ1) is 16.2. The lowest BCUT2D eigenvalue weighted by Crippen LogP contribution is -1.95. The first kappa shape index (κ1) is 19.9. The Hall–Kier alpha value is -3.76. The van der Waals surface area contributed by atoms with E-state index < -0.39 is 0 Å². The molecule has 4 aromatic carbocycles. The molecule has 33 heavy (non-hydrogen) atoms. The van der Waals surface area contributed by atoms with E-state index in [-0.39, 0.29) is 10.5 Å². The van der Waals surface area contributed by atoms with Gasteiger partial charge in [0.25, 0.3) is 0 Å². The van der Waals surface area contributed by atoms with Crippen molar-refractivity contribution in [3.05, 3.63) is 91.0 Å². The Morgan fingerprint density at radius 1 is 0.697 bits per heavy atom. The molecule has 0 saturated carbocycles. The average molecular weight is 447 g/mol. The van der Waals surface area contributed by atoms with E-state index in [1.54, 1.807) is 0 Å². The lowest BCUT2D eigenvalue weighted by molar-refractivity contribution is 0.661. The zero-order valence-electron chi connectivity index (χ0n) is 18.4. The van der Waals surface area contributed by atoms with Gasteiger partial charge in [0.2, 0.25) is 0 Å². The zero-order valence-corrected chi connectivity index (χ0v) is 19.3. The van der Waals surface area contributed by atoms with Gasteiger partial charge in [-0.15, -0.1) is 0 Å². The predicted octanol–water partition coefficient (Wildman–Crippen LogP) is 7.94. The SMILES string of the molecule is C/C=S(/C)c1cccc2c1oc1c(-c3nc(-c4ccccc4)c4ccccc4n3)cccc12. The maximum absolute atomic E-state index is 6.56. The molecule has 3 nitrogen and oxygen atoms in total. The molecule has 6 rings (SSSR count). The standard InChI is InChI=1S/C29H22N2OS/c1-3-33(2)25-18-10-15-21-20-14-9-16-23(27(20)32-28(21)25)29-30-24-17-8-7-13-22(24)26(31-29)19-11-5-4-6-12-19/h3-18H,1-2H3. The van der Waals surface area contributed by atoms with Crippen LogP contribution in [-0.4, -0.2) is 21.6 Å². The lowest BCUT2D eigenvalue weighted by atomic mass is 10.0. The van der Waals surface area contributed by atoms with Crippen LogP contribution in [0.5, 0.6) is 0 Å². The fourth-order valence-electron chi connectivity index (χ4n) is 4.36. The Labute approximate surface area is 194 Å². The van der Waals surface area contributed by atoms with Gasteiger partial charge in [0.1, 0.15) is 11.2 Å². The van der Waals surface area contributed by atoms with Gasteiger partial charge in [0.15, 0.2) is 5.82 Å². The lowest BCUT2D eigenvalue weighted by Gasteiger charge is -2.09. The summed E-state index contributed by atoms with van der Waals surface area (Å²) in [5.74, 6) is 0.677. The smallest absolute Gasteiger partial charge is 0.164 e. The maximum Gasteiger partial charge on any atom is 0.164 e. The molecular formula is C29H22N2OS. The Bertz CT molecular complexity index is 1680. The summed E-state index contributed by atoms with van der Waals surface area (Å²) in [5, 5.41) is 5.49. The van der Waals surface area contributed by atoms with Crippen molar-refractivity contribution < 1.29 is 4.42 Å². The van der Waals surface area contributed by atoms with Crippen molar-refractivity contribution in [3.8, 4) is 22.6 Å². The maximum atomic E-state index is 6.56. The summed E-state index contributed by atoms with van der Waals surface area (Å²) in [6.07, 6.45) is 2.22. The van der Waals surface area contributed by atoms with Crippen LogP contribution < -0.4 is 0 Å². The second kappa shape index (κ2) is 7.98. The first-order valence-electron chi connectivity index (χ1n) is 11.0. The number of furan rings is 1. The molecule has 0 saturated heterocycles. The molecule has 0 aliphatic heterocycles. The summed E-state index contributed by atoms with van der Waals surface area (Å²) in [5.41, 5.74) is 5.63. The number of para-hydroxylation sites is 3. The molecule has 0 bridgehead atoms. The van der Waals surface area contributed by atoms with E-state index in [0.29, 0.717) is 5.82 Å². The molecule has 0 amide bonds. The van der Waals surface area contributed by atoms with Crippen molar-refractivity contribution in [2.24, 2.45) is 0 Å². The van der Waals surface area contributed by atoms with Gasteiger partial charge in [-0.25, -0.2) is 9.97 Å². The van der Waals surface area contributed by atoms with Crippen molar-refractivity contribution in [2.75, 3.05) is 6.26 Å². The monoisotopic (exact) mass is 446 g/mol. The summed E-state index contributed by atoms with van der Waals surface area (Å²) >= 11 is 0. The molecule has 4 heteroatoms. The fourth-order valence-corrected chi connectivity index (χ4v) is 5.36. The molecule has 1 atom stereocenters. The molecule has 0 fully saturated rings. The number of aromatic nitrogens is 2. The van der Waals surface area contributed by atoms with Crippen LogP contribution in [0.1, 0.15) is 6.92 Å². The van der Waals surface area contributed by atoms with E-state index in [0.717, 1.165) is 49.7 Å². The zero-order chi connectivity index (χ0) is 22.4. The highest BCUT2D eigenvalue weighted by Gasteiger charge is 2.18. The van der Waals surface area contributed by atoms with E-state index in [1.807, 2.05) is 36.4 Å². The quantitative estimate of drug-likeness (QED) is 0.259. The number of benzene rings is 4. The third-order valence-electron chi connectivity index (χ3n) is 6.08. The van der Waals surface area contributed by atoms with Crippen molar-refractivity contribution in [3.63, 3.8) is 0 Å². The minimum Gasteiger partial charge on any atom is -0.454 e. The van der Waals surface area contributed by atoms with Crippen molar-refractivity contribution >= 4 is 48.7 Å². The van der Waals surface area contributed by atoms with Gasteiger partial charge in [-0.3, -0.25) is 0 Å². The van der Waals surface area contributed by atoms with Crippen LogP contribution in [0.25, 0.3) is 55.5 Å². The van der Waals surface area contributed by atoms with Crippen molar-refractivity contribution in [2.45, 2.75) is 11.8 Å². The number of nitrogens with zero attached hydrogens (tertiary/aromatic N) is 2. The second-order valence-electron chi connectivity index (χ2n) is 7.99. The largest absolute Gasteiger partial charge is 0.454 e. The van der Waals surface area contributed by atoms with E-state index >= 15 is 0 Å².